The van der Waals surface area contributed by atoms with Crippen LogP contribution in [0.15, 0.2) is 0 Å². The molecule has 330 valence electrons. The summed E-state index contributed by atoms with van der Waals surface area (Å²) in [4.78, 5) is 12.0. The minimum atomic E-state index is -1.83. The molecule has 33 heteroatoms. The van der Waals surface area contributed by atoms with E-state index in [0.29, 0.717) is 26.2 Å². The van der Waals surface area contributed by atoms with Crippen molar-refractivity contribution in [2.75, 3.05) is 19.8 Å². The summed E-state index contributed by atoms with van der Waals surface area (Å²) in [6, 6.07) is 0. The Balaban J connectivity index is -0.00000000816. The molecule has 49 heavy (non-hydrogen) atoms. The number of nitrogens with one attached hydrogen (secondary N) is 1. The van der Waals surface area contributed by atoms with Crippen LogP contribution >= 0.6 is 0 Å². The molecule has 0 aliphatic carbocycles. The third-order valence-electron chi connectivity index (χ3n) is 4.40. The first-order chi connectivity index (χ1) is 10.7. The van der Waals surface area contributed by atoms with Gasteiger partial charge in [0.05, 0.1) is 0 Å². The summed E-state index contributed by atoms with van der Waals surface area (Å²) in [7, 11) is 0. The molecule has 0 atom stereocenters. The molecule has 1 amide bonds. The fraction of sp³-hybridized carbons (Fsp3) is 0.938. The standard InChI is InChI=1S/C16H30NO4.Al.6Mo.21H2O/c1-2-3-4-5-6-7-8-9-10-11-15(21)17-16(12-18,13-19)14-20;;;;;;;;;;;;;;;;;;;;;;;;;;;;/h2-14H2,1H3,(H,17,21);;;;;;;;21*1H2/q-3;+3;;;;;;;;;;;;;;;;;;;;;;;;;;;/p+3. The molecule has 26 nitrogen and oxygen atoms in total. The van der Waals surface area contributed by atoms with Crippen molar-refractivity contribution in [3.63, 3.8) is 0 Å². The molecule has 3 heterocycles. The molecule has 0 saturated carbocycles. The fourth-order valence-electron chi connectivity index (χ4n) is 3.01. The van der Waals surface area contributed by atoms with Crippen LogP contribution in [0.3, 0.4) is 0 Å². The predicted molar refractivity (Wildman–Crippen MR) is 166 cm³/mol. The maximum absolute atomic E-state index is 12.0. The third-order valence-corrected chi connectivity index (χ3v) is 5.72. The Labute approximate surface area is 376 Å². The predicted octanol–water partition coefficient (Wildman–Crippen LogP) is -14.8. The van der Waals surface area contributed by atoms with E-state index in [1.807, 2.05) is 0 Å². The van der Waals surface area contributed by atoms with E-state index in [4.69, 9.17) is 11.4 Å². The van der Waals surface area contributed by atoms with E-state index in [1.165, 1.54) is 44.9 Å². The van der Waals surface area contributed by atoms with E-state index in [2.05, 4.69) is 12.2 Å². The SMILES string of the molecule is CCCCCCCCCCCC(=O)NC12C[O][Al]([O]C1)[O]C2.O.O.O.O.O.O.O.O.O.O.O.O.O.O.O.O.O.O.[Mo].[Mo].[Mo].[Mo].[Mo].[Mo].[OH3+].[OH3+].[OH3+]. The van der Waals surface area contributed by atoms with Crippen molar-refractivity contribution in [3.05, 3.63) is 0 Å². The second-order valence-electron chi connectivity index (χ2n) is 6.63. The van der Waals surface area contributed by atoms with E-state index >= 15 is 0 Å². The molecule has 0 aromatic carbocycles. The first kappa shape index (κ1) is 199. The van der Waals surface area contributed by atoms with Gasteiger partial charge < -0.3 is 132 Å². The van der Waals surface area contributed by atoms with Gasteiger partial charge in [0.1, 0.15) is 5.54 Å². The smallest absolute Gasteiger partial charge is 0.457 e. The number of unbranched alkanes of at least 4 members (excludes halogenated alkanes) is 8. The largest absolute Gasteiger partial charge is 0.905 e. The van der Waals surface area contributed by atoms with Gasteiger partial charge in [-0.3, -0.25) is 4.79 Å². The molecular formula is C16H75AlMo6NO25+3. The Morgan fingerprint density at radius 1 is 0.469 bits per heavy atom. The summed E-state index contributed by atoms with van der Waals surface area (Å²) in [5.41, 5.74) is -0.432. The number of amides is 1. The maximum Gasteiger partial charge on any atom is 0.905 e. The summed E-state index contributed by atoms with van der Waals surface area (Å²) in [6.07, 6.45) is 12.0. The molecule has 46 N–H and O–H groups in total. The summed E-state index contributed by atoms with van der Waals surface area (Å²) in [6.45, 7) is 3.89. The van der Waals surface area contributed by atoms with E-state index in [0.717, 1.165) is 12.8 Å². The number of hydrogen-bond donors (Lipinski definition) is 1. The number of fused-ring (bicyclic) bond motifs is 3. The molecule has 3 rings (SSSR count). The van der Waals surface area contributed by atoms with Gasteiger partial charge in [0.2, 0.25) is 5.91 Å². The summed E-state index contributed by atoms with van der Waals surface area (Å²) in [5, 5.41) is 3.05. The van der Waals surface area contributed by atoms with Crippen LogP contribution in [0.4, 0.5) is 0 Å². The van der Waals surface area contributed by atoms with E-state index in [9.17, 15) is 4.79 Å². The number of carbonyl (C=O) groups excluding carboxylic acids is 1. The van der Waals surface area contributed by atoms with Crippen LogP contribution in [0, 0.1) is 0 Å². The van der Waals surface area contributed by atoms with Gasteiger partial charge in [-0.15, -0.1) is 0 Å². The van der Waals surface area contributed by atoms with Crippen LogP contribution in [0.25, 0.3) is 0 Å². The monoisotopic (exact) mass is 1300 g/mol. The van der Waals surface area contributed by atoms with Gasteiger partial charge in [-0.2, -0.15) is 0 Å². The Morgan fingerprint density at radius 3 is 0.939 bits per heavy atom. The molecule has 0 unspecified atom stereocenters. The zero-order valence-corrected chi connectivity index (χ0v) is 40.3. The van der Waals surface area contributed by atoms with Gasteiger partial charge in [0.25, 0.3) is 0 Å². The summed E-state index contributed by atoms with van der Waals surface area (Å²) in [5.74, 6) is 0.0979. The van der Waals surface area contributed by atoms with Crippen molar-refractivity contribution in [1.82, 2.24) is 5.32 Å². The third kappa shape index (κ3) is 89.5. The molecule has 0 radical (unpaired) electrons. The number of hydrogen-bond acceptors (Lipinski definition) is 4. The Hall–Kier alpha value is 3.17. The number of rotatable bonds is 11. The van der Waals surface area contributed by atoms with Gasteiger partial charge >= 0.3 is 15.1 Å². The van der Waals surface area contributed by atoms with Crippen molar-refractivity contribution in [3.8, 4) is 0 Å². The van der Waals surface area contributed by atoms with Gasteiger partial charge in [-0.1, -0.05) is 58.3 Å². The molecular weight excluding hydrogens is 1210 g/mol. The Morgan fingerprint density at radius 2 is 0.694 bits per heavy atom. The van der Waals surface area contributed by atoms with Crippen LogP contribution in [0.1, 0.15) is 71.1 Å². The molecule has 0 aromatic rings. The average Bonchev–Trinajstić information content (AvgIpc) is 2.54. The second kappa shape index (κ2) is 124. The fourth-order valence-corrected chi connectivity index (χ4v) is 4.67. The topological polar surface area (TPSA) is 723 Å². The van der Waals surface area contributed by atoms with Gasteiger partial charge in [0.15, 0.2) is 0 Å². The van der Waals surface area contributed by atoms with Crippen molar-refractivity contribution < 1.29 is 258 Å². The molecule has 0 spiro atoms. The first-order valence-electron chi connectivity index (χ1n) is 8.90. The van der Waals surface area contributed by atoms with Crippen LogP contribution < -0.4 is 5.32 Å². The Kier molecular flexibility index (Phi) is 507. The maximum atomic E-state index is 12.0. The zero-order valence-electron chi connectivity index (χ0n) is 27.1. The molecule has 3 aliphatic rings. The number of carbonyl (C=O) groups is 1. The van der Waals surface area contributed by atoms with E-state index < -0.39 is 20.7 Å². The summed E-state index contributed by atoms with van der Waals surface area (Å²) < 4.78 is 16.4. The van der Waals surface area contributed by atoms with Crippen LogP contribution in [0.2, 0.25) is 0 Å². The van der Waals surface area contributed by atoms with E-state index in [1.54, 1.807) is 0 Å². The van der Waals surface area contributed by atoms with Crippen LogP contribution in [0.5, 0.6) is 0 Å². The van der Waals surface area contributed by atoms with E-state index in [-0.39, 0.29) is 247 Å². The quantitative estimate of drug-likeness (QED) is 0.120. The van der Waals surface area contributed by atoms with Crippen molar-refractivity contribution >= 4 is 21.1 Å². The van der Waals surface area contributed by atoms with Crippen LogP contribution in [-0.4, -0.2) is 145 Å². The van der Waals surface area contributed by atoms with Gasteiger partial charge in [-0.05, 0) is 6.42 Å². The summed E-state index contributed by atoms with van der Waals surface area (Å²) >= 11 is -1.83. The first-order valence-corrected chi connectivity index (χ1v) is 10.3. The van der Waals surface area contributed by atoms with Crippen molar-refractivity contribution in [2.45, 2.75) is 76.7 Å². The average molecular weight is 1280 g/mol. The van der Waals surface area contributed by atoms with Gasteiger partial charge in [-0.25, -0.2) is 0 Å². The van der Waals surface area contributed by atoms with Crippen molar-refractivity contribution in [2.24, 2.45) is 0 Å². The molecule has 2 bridgehead atoms. The minimum absolute atomic E-state index is 0. The van der Waals surface area contributed by atoms with Gasteiger partial charge in [0, 0.05) is 153 Å². The minimum Gasteiger partial charge on any atom is -0.457 e. The normalized spacial score (nSPS) is 8.71. The molecule has 3 fully saturated rings. The molecule has 3 aliphatic heterocycles. The molecule has 0 aromatic heterocycles. The van der Waals surface area contributed by atoms with Crippen molar-refractivity contribution in [1.29, 1.82) is 0 Å². The zero-order chi connectivity index (χ0) is 15.7. The second-order valence-corrected chi connectivity index (χ2v) is 8.21. The van der Waals surface area contributed by atoms with Crippen LogP contribution in [-0.2, 0) is 159 Å². The Bertz CT molecular complexity index is 372. The molecule has 3 saturated heterocycles.